The van der Waals surface area contributed by atoms with Crippen LogP contribution in [0.4, 0.5) is 4.39 Å². The normalized spacial score (nSPS) is 15.0. The van der Waals surface area contributed by atoms with E-state index in [0.717, 1.165) is 18.4 Å². The summed E-state index contributed by atoms with van der Waals surface area (Å²) in [6.45, 7) is 0.0382. The van der Waals surface area contributed by atoms with Gasteiger partial charge in [-0.2, -0.15) is 5.10 Å². The van der Waals surface area contributed by atoms with Crippen molar-refractivity contribution >= 4 is 29.0 Å². The van der Waals surface area contributed by atoms with E-state index in [9.17, 15) is 14.3 Å². The third-order valence-corrected chi connectivity index (χ3v) is 5.29. The summed E-state index contributed by atoms with van der Waals surface area (Å²) in [5, 5.41) is 20.2. The highest BCUT2D eigenvalue weighted by Crippen LogP contribution is 2.39. The van der Waals surface area contributed by atoms with Crippen LogP contribution in [-0.4, -0.2) is 40.5 Å². The smallest absolute Gasteiger partial charge is 0.255 e. The predicted molar refractivity (Wildman–Crippen MR) is 109 cm³/mol. The number of hydrogen-bond donors (Lipinski definition) is 3. The van der Waals surface area contributed by atoms with E-state index < -0.39 is 0 Å². The molecule has 3 N–H and O–H groups in total. The minimum atomic E-state index is -0.312. The zero-order valence-corrected chi connectivity index (χ0v) is 16.0. The standard InChI is InChI=1S/C22H22FN3O3/c1-29-20-16(21(28)24-22(10-11-22)12-13-27)7-9-18-19(20)17(25-26-18)8-4-14-2-5-15(23)6-3-14/h2-9,27H,10-13H2,1H3,(H,24,28)(H,25,26). The Bertz CT molecular complexity index is 1070. The summed E-state index contributed by atoms with van der Waals surface area (Å²) in [6, 6.07) is 9.61. The molecule has 0 spiro atoms. The number of fused-ring (bicyclic) bond motifs is 1. The average Bonchev–Trinajstić information content (AvgIpc) is 3.34. The van der Waals surface area contributed by atoms with Crippen LogP contribution in [0.2, 0.25) is 0 Å². The molecule has 0 atom stereocenters. The van der Waals surface area contributed by atoms with Gasteiger partial charge >= 0.3 is 0 Å². The molecule has 0 unspecified atom stereocenters. The van der Waals surface area contributed by atoms with E-state index in [1.807, 2.05) is 12.2 Å². The van der Waals surface area contributed by atoms with Crippen LogP contribution in [0.5, 0.6) is 5.75 Å². The lowest BCUT2D eigenvalue weighted by atomic mass is 10.1. The van der Waals surface area contributed by atoms with Crippen molar-refractivity contribution in [1.29, 1.82) is 0 Å². The van der Waals surface area contributed by atoms with Crippen LogP contribution >= 0.6 is 0 Å². The lowest BCUT2D eigenvalue weighted by Crippen LogP contribution is -2.37. The lowest BCUT2D eigenvalue weighted by Gasteiger charge is -2.17. The summed E-state index contributed by atoms with van der Waals surface area (Å²) in [5.74, 6) is -0.0854. The Kier molecular flexibility index (Phi) is 5.07. The van der Waals surface area contributed by atoms with E-state index in [1.165, 1.54) is 19.2 Å². The fourth-order valence-corrected chi connectivity index (χ4v) is 3.48. The van der Waals surface area contributed by atoms with Gasteiger partial charge in [0.1, 0.15) is 11.6 Å². The maximum absolute atomic E-state index is 13.1. The first-order chi connectivity index (χ1) is 14.0. The van der Waals surface area contributed by atoms with Gasteiger partial charge in [0.25, 0.3) is 5.91 Å². The highest BCUT2D eigenvalue weighted by atomic mass is 19.1. The Balaban J connectivity index is 1.68. The monoisotopic (exact) mass is 395 g/mol. The summed E-state index contributed by atoms with van der Waals surface area (Å²) in [6.07, 6.45) is 5.92. The predicted octanol–water partition coefficient (Wildman–Crippen LogP) is 3.53. The number of amides is 1. The average molecular weight is 395 g/mol. The number of aliphatic hydroxyl groups is 1. The third kappa shape index (κ3) is 3.86. The molecule has 1 aliphatic carbocycles. The molecule has 4 rings (SSSR count). The van der Waals surface area contributed by atoms with Crippen LogP contribution in [0.25, 0.3) is 23.1 Å². The number of aliphatic hydroxyl groups excluding tert-OH is 1. The topological polar surface area (TPSA) is 87.2 Å². The molecule has 0 bridgehead atoms. The van der Waals surface area contributed by atoms with Crippen LogP contribution in [0.1, 0.15) is 40.9 Å². The summed E-state index contributed by atoms with van der Waals surface area (Å²) in [7, 11) is 1.52. The number of nitrogens with zero attached hydrogens (tertiary/aromatic N) is 1. The van der Waals surface area contributed by atoms with Crippen molar-refractivity contribution in [1.82, 2.24) is 15.5 Å². The van der Waals surface area contributed by atoms with E-state index in [4.69, 9.17) is 4.74 Å². The molecular formula is C22H22FN3O3. The van der Waals surface area contributed by atoms with Crippen LogP contribution in [0, 0.1) is 5.82 Å². The van der Waals surface area contributed by atoms with Gasteiger partial charge in [-0.15, -0.1) is 0 Å². The molecule has 1 heterocycles. The van der Waals surface area contributed by atoms with E-state index in [1.54, 1.807) is 24.3 Å². The Hall–Kier alpha value is -3.19. The number of benzene rings is 2. The van der Waals surface area contributed by atoms with Crippen molar-refractivity contribution in [2.75, 3.05) is 13.7 Å². The molecule has 1 aliphatic rings. The maximum Gasteiger partial charge on any atom is 0.255 e. The zero-order chi connectivity index (χ0) is 20.4. The minimum absolute atomic E-state index is 0.0382. The van der Waals surface area contributed by atoms with Crippen LogP contribution in [0.15, 0.2) is 36.4 Å². The van der Waals surface area contributed by atoms with Crippen LogP contribution in [-0.2, 0) is 0 Å². The van der Waals surface area contributed by atoms with Crippen molar-refractivity contribution in [2.24, 2.45) is 0 Å². The molecule has 1 saturated carbocycles. The third-order valence-electron chi connectivity index (χ3n) is 5.29. The van der Waals surface area contributed by atoms with Gasteiger partial charge in [-0.05, 0) is 55.2 Å². The Morgan fingerprint density at radius 3 is 2.69 bits per heavy atom. The second-order valence-corrected chi connectivity index (χ2v) is 7.27. The molecule has 1 aromatic heterocycles. The summed E-state index contributed by atoms with van der Waals surface area (Å²) >= 11 is 0. The minimum Gasteiger partial charge on any atom is -0.495 e. The molecule has 0 radical (unpaired) electrons. The first-order valence-electron chi connectivity index (χ1n) is 9.47. The second kappa shape index (κ2) is 7.67. The number of carbonyl (C=O) groups excluding carboxylic acids is 1. The van der Waals surface area contributed by atoms with E-state index in [-0.39, 0.29) is 23.9 Å². The number of rotatable bonds is 7. The quantitative estimate of drug-likeness (QED) is 0.571. The molecule has 6 nitrogen and oxygen atoms in total. The van der Waals surface area contributed by atoms with Crippen LogP contribution in [0.3, 0.4) is 0 Å². The molecule has 0 saturated heterocycles. The maximum atomic E-state index is 13.1. The molecule has 29 heavy (non-hydrogen) atoms. The summed E-state index contributed by atoms with van der Waals surface area (Å²) < 4.78 is 18.7. The lowest BCUT2D eigenvalue weighted by molar-refractivity contribution is 0.0921. The van der Waals surface area contributed by atoms with E-state index in [2.05, 4.69) is 15.5 Å². The van der Waals surface area contributed by atoms with Gasteiger partial charge < -0.3 is 15.2 Å². The number of aromatic amines is 1. The zero-order valence-electron chi connectivity index (χ0n) is 16.0. The fraction of sp³-hybridized carbons (Fsp3) is 0.273. The SMILES string of the molecule is COc1c(C(=O)NC2(CCO)CC2)ccc2n[nH]c(C=Cc3ccc(F)cc3)c12. The van der Waals surface area contributed by atoms with Crippen molar-refractivity contribution < 1.29 is 19.0 Å². The molecule has 7 heteroatoms. The fourth-order valence-electron chi connectivity index (χ4n) is 3.48. The number of methoxy groups -OCH3 is 1. The first-order valence-corrected chi connectivity index (χ1v) is 9.47. The molecule has 0 aliphatic heterocycles. The molecule has 2 aromatic carbocycles. The Labute approximate surface area is 167 Å². The van der Waals surface area contributed by atoms with Crippen LogP contribution < -0.4 is 10.1 Å². The number of H-pyrrole nitrogens is 1. The Morgan fingerprint density at radius 1 is 1.28 bits per heavy atom. The van der Waals surface area contributed by atoms with Gasteiger partial charge in [0.05, 0.1) is 29.3 Å². The largest absolute Gasteiger partial charge is 0.495 e. The number of hydrogen-bond acceptors (Lipinski definition) is 4. The van der Waals surface area contributed by atoms with Crippen molar-refractivity contribution in [3.63, 3.8) is 0 Å². The van der Waals surface area contributed by atoms with Gasteiger partial charge in [-0.25, -0.2) is 4.39 Å². The van der Waals surface area contributed by atoms with Crippen molar-refractivity contribution in [3.05, 3.63) is 59.0 Å². The van der Waals surface area contributed by atoms with Crippen molar-refractivity contribution in [3.8, 4) is 5.75 Å². The van der Waals surface area contributed by atoms with Gasteiger partial charge in [0, 0.05) is 12.1 Å². The van der Waals surface area contributed by atoms with Gasteiger partial charge in [-0.1, -0.05) is 18.2 Å². The van der Waals surface area contributed by atoms with E-state index >= 15 is 0 Å². The number of ether oxygens (including phenoxy) is 1. The summed E-state index contributed by atoms with van der Waals surface area (Å²) in [5.41, 5.74) is 2.30. The highest BCUT2D eigenvalue weighted by Gasteiger charge is 2.43. The molecule has 1 fully saturated rings. The van der Waals surface area contributed by atoms with E-state index in [0.29, 0.717) is 34.3 Å². The van der Waals surface area contributed by atoms with Crippen molar-refractivity contribution in [2.45, 2.75) is 24.8 Å². The number of nitrogens with one attached hydrogen (secondary N) is 2. The second-order valence-electron chi connectivity index (χ2n) is 7.27. The van der Waals surface area contributed by atoms with Gasteiger partial charge in [0.2, 0.25) is 0 Å². The summed E-state index contributed by atoms with van der Waals surface area (Å²) in [4.78, 5) is 12.9. The number of aromatic nitrogens is 2. The first kappa shape index (κ1) is 19.1. The molecule has 1 amide bonds. The molecular weight excluding hydrogens is 373 g/mol. The van der Waals surface area contributed by atoms with Gasteiger partial charge in [0.15, 0.2) is 0 Å². The number of carbonyl (C=O) groups is 1. The highest BCUT2D eigenvalue weighted by molar-refractivity contribution is 6.05. The number of halogens is 1. The van der Waals surface area contributed by atoms with Gasteiger partial charge in [-0.3, -0.25) is 9.89 Å². The molecule has 150 valence electrons. The molecule has 3 aromatic rings. The Morgan fingerprint density at radius 2 is 2.03 bits per heavy atom.